The number of nitrogens with one attached hydrogen (secondary N) is 1. The predicted octanol–water partition coefficient (Wildman–Crippen LogP) is 0.770. The van der Waals surface area contributed by atoms with E-state index in [9.17, 15) is 9.59 Å². The molecule has 1 aliphatic rings. The molecule has 1 aromatic heterocycles. The number of rotatable bonds is 5. The fourth-order valence-corrected chi connectivity index (χ4v) is 2.41. The number of carbonyl (C=O) groups excluding carboxylic acids is 2. The molecule has 1 fully saturated rings. The van der Waals surface area contributed by atoms with Crippen molar-refractivity contribution in [3.8, 4) is 0 Å². The number of hydrogen-bond donors (Lipinski definition) is 1. The van der Waals surface area contributed by atoms with Crippen molar-refractivity contribution in [3.05, 3.63) is 16.6 Å². The van der Waals surface area contributed by atoms with Gasteiger partial charge >= 0.3 is 0 Å². The maximum absolute atomic E-state index is 11.9. The number of carbonyl (C=O) groups is 2. The molecular weight excluding hydrogens is 238 g/mol. The van der Waals surface area contributed by atoms with Gasteiger partial charge in [-0.3, -0.25) is 19.8 Å². The van der Waals surface area contributed by atoms with Gasteiger partial charge in [0, 0.05) is 18.5 Å². The summed E-state index contributed by atoms with van der Waals surface area (Å²) in [6.07, 6.45) is 1.07. The number of thiazole rings is 1. The van der Waals surface area contributed by atoms with Crippen molar-refractivity contribution in [2.45, 2.75) is 32.4 Å². The third-order valence-corrected chi connectivity index (χ3v) is 3.34. The van der Waals surface area contributed by atoms with Crippen LogP contribution in [0.25, 0.3) is 0 Å². The lowest BCUT2D eigenvalue weighted by atomic mass is 10.2. The van der Waals surface area contributed by atoms with Crippen LogP contribution in [0.15, 0.2) is 10.9 Å². The highest BCUT2D eigenvalue weighted by atomic mass is 32.1. The third-order valence-electron chi connectivity index (χ3n) is 2.70. The molecule has 1 N–H and O–H groups in total. The van der Waals surface area contributed by atoms with E-state index in [2.05, 4.69) is 10.3 Å². The van der Waals surface area contributed by atoms with Crippen LogP contribution >= 0.6 is 11.3 Å². The minimum absolute atomic E-state index is 0.0763. The molecule has 2 rings (SSSR count). The van der Waals surface area contributed by atoms with Crippen molar-refractivity contribution in [2.75, 3.05) is 6.54 Å². The van der Waals surface area contributed by atoms with Gasteiger partial charge in [-0.1, -0.05) is 6.92 Å². The van der Waals surface area contributed by atoms with Crippen molar-refractivity contribution in [2.24, 2.45) is 0 Å². The summed E-state index contributed by atoms with van der Waals surface area (Å²) in [5.74, 6) is -0.181. The summed E-state index contributed by atoms with van der Waals surface area (Å²) in [5, 5.41) is 5.01. The Hall–Kier alpha value is -1.27. The van der Waals surface area contributed by atoms with E-state index in [0.717, 1.165) is 12.1 Å². The first-order chi connectivity index (χ1) is 8.22. The first kappa shape index (κ1) is 12.2. The Morgan fingerprint density at radius 1 is 1.59 bits per heavy atom. The van der Waals surface area contributed by atoms with Gasteiger partial charge in [0.15, 0.2) is 0 Å². The van der Waals surface area contributed by atoms with Crippen LogP contribution in [0.2, 0.25) is 0 Å². The van der Waals surface area contributed by atoms with Crippen molar-refractivity contribution in [1.29, 1.82) is 0 Å². The van der Waals surface area contributed by atoms with E-state index in [1.165, 1.54) is 16.2 Å². The Balaban J connectivity index is 1.90. The third kappa shape index (κ3) is 2.70. The van der Waals surface area contributed by atoms with Gasteiger partial charge in [0.25, 0.3) is 0 Å². The Morgan fingerprint density at radius 2 is 2.41 bits per heavy atom. The number of hydrogen-bond acceptors (Lipinski definition) is 5. The molecule has 0 bridgehead atoms. The molecule has 1 unspecified atom stereocenters. The monoisotopic (exact) mass is 253 g/mol. The van der Waals surface area contributed by atoms with E-state index in [0.29, 0.717) is 13.1 Å². The second kappa shape index (κ2) is 5.37. The topological polar surface area (TPSA) is 62.3 Å². The zero-order chi connectivity index (χ0) is 12.3. The van der Waals surface area contributed by atoms with Crippen LogP contribution in [0.5, 0.6) is 0 Å². The molecule has 0 spiro atoms. The molecular formula is C11H15N3O2S. The molecule has 1 saturated heterocycles. The lowest BCUT2D eigenvalue weighted by molar-refractivity contribution is -0.138. The van der Waals surface area contributed by atoms with E-state index in [1.54, 1.807) is 5.51 Å². The van der Waals surface area contributed by atoms with Gasteiger partial charge in [-0.15, -0.1) is 11.3 Å². The SMILES string of the molecule is CCCN1C(=O)CC(NCc2cscn2)C1=O. The Bertz CT molecular complexity index is 405. The molecule has 1 aromatic rings. The van der Waals surface area contributed by atoms with Crippen LogP contribution in [0.1, 0.15) is 25.5 Å². The Morgan fingerprint density at radius 3 is 3.06 bits per heavy atom. The number of aromatic nitrogens is 1. The number of amides is 2. The first-order valence-corrected chi connectivity index (χ1v) is 6.61. The normalized spacial score (nSPS) is 20.3. The average Bonchev–Trinajstić information content (AvgIpc) is 2.90. The molecule has 2 heterocycles. The highest BCUT2D eigenvalue weighted by Gasteiger charge is 2.37. The minimum atomic E-state index is -0.379. The largest absolute Gasteiger partial charge is 0.300 e. The van der Waals surface area contributed by atoms with Gasteiger partial charge in [-0.2, -0.15) is 0 Å². The average molecular weight is 253 g/mol. The summed E-state index contributed by atoms with van der Waals surface area (Å²) >= 11 is 1.52. The van der Waals surface area contributed by atoms with Crippen LogP contribution in [0, 0.1) is 0 Å². The quantitative estimate of drug-likeness (QED) is 0.787. The molecule has 0 radical (unpaired) electrons. The lowest BCUT2D eigenvalue weighted by Crippen LogP contribution is -2.38. The van der Waals surface area contributed by atoms with Gasteiger partial charge < -0.3 is 0 Å². The van der Waals surface area contributed by atoms with E-state index in [-0.39, 0.29) is 24.3 Å². The predicted molar refractivity (Wildman–Crippen MR) is 64.4 cm³/mol. The van der Waals surface area contributed by atoms with Gasteiger partial charge in [0.1, 0.15) is 0 Å². The van der Waals surface area contributed by atoms with Crippen LogP contribution in [-0.2, 0) is 16.1 Å². The molecule has 0 saturated carbocycles. The molecule has 92 valence electrons. The lowest BCUT2D eigenvalue weighted by Gasteiger charge is -2.13. The number of likely N-dealkylation sites (tertiary alicyclic amines) is 1. The fourth-order valence-electron chi connectivity index (χ4n) is 1.85. The highest BCUT2D eigenvalue weighted by Crippen LogP contribution is 2.14. The Kier molecular flexibility index (Phi) is 3.86. The highest BCUT2D eigenvalue weighted by molar-refractivity contribution is 7.07. The van der Waals surface area contributed by atoms with Crippen molar-refractivity contribution in [3.63, 3.8) is 0 Å². The summed E-state index contributed by atoms with van der Waals surface area (Å²) < 4.78 is 0. The molecule has 0 aliphatic carbocycles. The molecule has 2 amide bonds. The Labute approximate surface area is 104 Å². The standard InChI is InChI=1S/C11H15N3O2S/c1-2-3-14-10(15)4-9(11(14)16)12-5-8-6-17-7-13-8/h6-7,9,12H,2-5H2,1H3. The minimum Gasteiger partial charge on any atom is -0.300 e. The maximum Gasteiger partial charge on any atom is 0.246 e. The van der Waals surface area contributed by atoms with Crippen molar-refractivity contribution in [1.82, 2.24) is 15.2 Å². The summed E-state index contributed by atoms with van der Waals surface area (Å²) in [7, 11) is 0. The second-order valence-electron chi connectivity index (χ2n) is 4.00. The second-order valence-corrected chi connectivity index (χ2v) is 4.72. The molecule has 1 atom stereocenters. The van der Waals surface area contributed by atoms with Crippen LogP contribution in [0.3, 0.4) is 0 Å². The summed E-state index contributed by atoms with van der Waals surface area (Å²) in [5.41, 5.74) is 2.66. The molecule has 0 aromatic carbocycles. The molecule has 17 heavy (non-hydrogen) atoms. The van der Waals surface area contributed by atoms with Crippen LogP contribution < -0.4 is 5.32 Å². The van der Waals surface area contributed by atoms with E-state index in [4.69, 9.17) is 0 Å². The summed E-state index contributed by atoms with van der Waals surface area (Å²) in [4.78, 5) is 29.0. The molecule has 5 nitrogen and oxygen atoms in total. The summed E-state index contributed by atoms with van der Waals surface area (Å²) in [6, 6.07) is -0.379. The zero-order valence-corrected chi connectivity index (χ0v) is 10.5. The number of nitrogens with zero attached hydrogens (tertiary/aromatic N) is 2. The smallest absolute Gasteiger partial charge is 0.246 e. The van der Waals surface area contributed by atoms with Gasteiger partial charge in [0.05, 0.1) is 23.7 Å². The zero-order valence-electron chi connectivity index (χ0n) is 9.68. The van der Waals surface area contributed by atoms with E-state index in [1.807, 2.05) is 12.3 Å². The van der Waals surface area contributed by atoms with Gasteiger partial charge in [-0.05, 0) is 6.42 Å². The van der Waals surface area contributed by atoms with E-state index >= 15 is 0 Å². The van der Waals surface area contributed by atoms with Gasteiger partial charge in [0.2, 0.25) is 11.8 Å². The maximum atomic E-state index is 11.9. The first-order valence-electron chi connectivity index (χ1n) is 5.67. The van der Waals surface area contributed by atoms with Gasteiger partial charge in [-0.25, -0.2) is 4.98 Å². The van der Waals surface area contributed by atoms with Crippen molar-refractivity contribution >= 4 is 23.2 Å². The van der Waals surface area contributed by atoms with E-state index < -0.39 is 0 Å². The molecule has 1 aliphatic heterocycles. The van der Waals surface area contributed by atoms with Crippen LogP contribution in [0.4, 0.5) is 0 Å². The van der Waals surface area contributed by atoms with Crippen molar-refractivity contribution < 1.29 is 9.59 Å². The number of imide groups is 1. The fraction of sp³-hybridized carbons (Fsp3) is 0.545. The van der Waals surface area contributed by atoms with Crippen LogP contribution in [-0.4, -0.2) is 34.3 Å². The molecule has 6 heteroatoms. The summed E-state index contributed by atoms with van der Waals surface area (Å²) in [6.45, 7) is 3.01.